The summed E-state index contributed by atoms with van der Waals surface area (Å²) in [7, 11) is 0. The highest BCUT2D eigenvalue weighted by Crippen LogP contribution is 2.34. The highest BCUT2D eigenvalue weighted by atomic mass is 16.4. The van der Waals surface area contributed by atoms with Gasteiger partial charge >= 0.3 is 5.97 Å². The van der Waals surface area contributed by atoms with Crippen molar-refractivity contribution in [3.63, 3.8) is 0 Å². The van der Waals surface area contributed by atoms with Crippen molar-refractivity contribution >= 4 is 22.9 Å². The number of carboxylic acids is 1. The number of aryl methyl sites for hydroxylation is 1. The average Bonchev–Trinajstić information content (AvgIpc) is 3.31. The molecule has 1 unspecified atom stereocenters. The third kappa shape index (κ3) is 2.95. The van der Waals surface area contributed by atoms with Gasteiger partial charge in [-0.05, 0) is 44.0 Å². The number of carboxylic acid groups (broad SMARTS) is 1. The van der Waals surface area contributed by atoms with Gasteiger partial charge in [0.1, 0.15) is 11.5 Å². The predicted molar refractivity (Wildman–Crippen MR) is 99.6 cm³/mol. The van der Waals surface area contributed by atoms with Crippen LogP contribution >= 0.6 is 0 Å². The van der Waals surface area contributed by atoms with Gasteiger partial charge in [-0.25, -0.2) is 14.8 Å². The Morgan fingerprint density at radius 2 is 2.07 bits per heavy atom. The zero-order valence-corrected chi connectivity index (χ0v) is 15.0. The van der Waals surface area contributed by atoms with E-state index in [9.17, 15) is 9.59 Å². The quantitative estimate of drug-likeness (QED) is 0.768. The standard InChI is InChI=1S/C20H20N4O3/c1-2-23-16-7-4-3-6-14(16)22-18(23)17-8-5-11-24(17)19(25)13-9-10-21-15(12-13)20(26)27/h3-4,6-7,9-10,12,17H,2,5,8,11H2,1H3,(H,26,27). The van der Waals surface area contributed by atoms with Crippen LogP contribution in [0, 0.1) is 0 Å². The van der Waals surface area contributed by atoms with E-state index in [2.05, 4.69) is 16.5 Å². The minimum Gasteiger partial charge on any atom is -0.477 e. The molecule has 27 heavy (non-hydrogen) atoms. The van der Waals surface area contributed by atoms with Crippen LogP contribution in [0.1, 0.15) is 52.5 Å². The molecule has 0 aliphatic carbocycles. The van der Waals surface area contributed by atoms with E-state index >= 15 is 0 Å². The van der Waals surface area contributed by atoms with Gasteiger partial charge in [-0.15, -0.1) is 0 Å². The first kappa shape index (κ1) is 17.2. The molecule has 1 amide bonds. The van der Waals surface area contributed by atoms with Crippen molar-refractivity contribution in [1.82, 2.24) is 19.4 Å². The number of likely N-dealkylation sites (tertiary alicyclic amines) is 1. The molecule has 1 aliphatic rings. The van der Waals surface area contributed by atoms with Crippen LogP contribution < -0.4 is 0 Å². The molecule has 0 bridgehead atoms. The lowest BCUT2D eigenvalue weighted by molar-refractivity contribution is 0.0690. The molecular formula is C20H20N4O3. The van der Waals surface area contributed by atoms with Crippen LogP contribution in [0.3, 0.4) is 0 Å². The SMILES string of the molecule is CCn1c(C2CCCN2C(=O)c2ccnc(C(=O)O)c2)nc2ccccc21. The summed E-state index contributed by atoms with van der Waals surface area (Å²) in [5.74, 6) is -0.440. The number of aromatic carboxylic acids is 1. The third-order valence-corrected chi connectivity index (χ3v) is 5.04. The molecule has 4 rings (SSSR count). The molecule has 3 heterocycles. The Kier molecular flexibility index (Phi) is 4.35. The van der Waals surface area contributed by atoms with Crippen molar-refractivity contribution < 1.29 is 14.7 Å². The second-order valence-corrected chi connectivity index (χ2v) is 6.59. The molecule has 3 aromatic rings. The molecule has 1 N–H and O–H groups in total. The van der Waals surface area contributed by atoms with Crippen LogP contribution in [0.4, 0.5) is 0 Å². The first-order chi connectivity index (χ1) is 13.1. The Hall–Kier alpha value is -3.22. The van der Waals surface area contributed by atoms with Gasteiger partial charge in [-0.2, -0.15) is 0 Å². The Morgan fingerprint density at radius 3 is 2.85 bits per heavy atom. The van der Waals surface area contributed by atoms with Gasteiger partial charge in [-0.3, -0.25) is 4.79 Å². The van der Waals surface area contributed by atoms with Gasteiger partial charge in [-0.1, -0.05) is 12.1 Å². The number of hydrogen-bond donors (Lipinski definition) is 1. The lowest BCUT2D eigenvalue weighted by Crippen LogP contribution is -2.32. The van der Waals surface area contributed by atoms with Crippen molar-refractivity contribution in [2.24, 2.45) is 0 Å². The van der Waals surface area contributed by atoms with Gasteiger partial charge in [0, 0.05) is 24.8 Å². The lowest BCUT2D eigenvalue weighted by Gasteiger charge is -2.25. The van der Waals surface area contributed by atoms with E-state index in [4.69, 9.17) is 10.1 Å². The maximum atomic E-state index is 13.1. The highest BCUT2D eigenvalue weighted by molar-refractivity contribution is 5.97. The van der Waals surface area contributed by atoms with Crippen molar-refractivity contribution in [1.29, 1.82) is 0 Å². The molecule has 0 spiro atoms. The lowest BCUT2D eigenvalue weighted by atomic mass is 10.1. The zero-order valence-electron chi connectivity index (χ0n) is 15.0. The average molecular weight is 364 g/mol. The fraction of sp³-hybridized carbons (Fsp3) is 0.300. The summed E-state index contributed by atoms with van der Waals surface area (Å²) in [6, 6.07) is 10.7. The Balaban J connectivity index is 1.72. The largest absolute Gasteiger partial charge is 0.477 e. The number of amides is 1. The maximum Gasteiger partial charge on any atom is 0.354 e. The smallest absolute Gasteiger partial charge is 0.354 e. The molecule has 138 valence electrons. The molecule has 1 aliphatic heterocycles. The summed E-state index contributed by atoms with van der Waals surface area (Å²) >= 11 is 0. The first-order valence-electron chi connectivity index (χ1n) is 9.05. The summed E-state index contributed by atoms with van der Waals surface area (Å²) in [6.45, 7) is 3.47. The summed E-state index contributed by atoms with van der Waals surface area (Å²) in [4.78, 5) is 34.6. The van der Waals surface area contributed by atoms with E-state index < -0.39 is 5.97 Å². The number of nitrogens with zero attached hydrogens (tertiary/aromatic N) is 4. The zero-order chi connectivity index (χ0) is 19.0. The van der Waals surface area contributed by atoms with Crippen LogP contribution in [0.5, 0.6) is 0 Å². The van der Waals surface area contributed by atoms with Gasteiger partial charge in [0.25, 0.3) is 5.91 Å². The number of para-hydroxylation sites is 2. The predicted octanol–water partition coefficient (Wildman–Crippen LogP) is 3.13. The number of rotatable bonds is 4. The Morgan fingerprint density at radius 1 is 1.26 bits per heavy atom. The minimum absolute atomic E-state index is 0.119. The van der Waals surface area contributed by atoms with Crippen molar-refractivity contribution in [3.8, 4) is 0 Å². The van der Waals surface area contributed by atoms with Crippen molar-refractivity contribution in [2.45, 2.75) is 32.4 Å². The second-order valence-electron chi connectivity index (χ2n) is 6.59. The van der Waals surface area contributed by atoms with E-state index in [1.807, 2.05) is 24.3 Å². The first-order valence-corrected chi connectivity index (χ1v) is 9.05. The summed E-state index contributed by atoms with van der Waals surface area (Å²) < 4.78 is 2.15. The van der Waals surface area contributed by atoms with E-state index in [0.29, 0.717) is 12.1 Å². The van der Waals surface area contributed by atoms with E-state index in [1.54, 1.807) is 11.0 Å². The number of aromatic nitrogens is 3. The van der Waals surface area contributed by atoms with Crippen LogP contribution in [-0.2, 0) is 6.54 Å². The highest BCUT2D eigenvalue weighted by Gasteiger charge is 2.34. The molecule has 1 atom stereocenters. The number of hydrogen-bond acceptors (Lipinski definition) is 4. The van der Waals surface area contributed by atoms with E-state index in [0.717, 1.165) is 36.2 Å². The molecule has 2 aromatic heterocycles. The van der Waals surface area contributed by atoms with Crippen LogP contribution in [0.2, 0.25) is 0 Å². The molecule has 1 saturated heterocycles. The summed E-state index contributed by atoms with van der Waals surface area (Å²) in [6.07, 6.45) is 3.09. The molecule has 0 radical (unpaired) electrons. The second kappa shape index (κ2) is 6.83. The summed E-state index contributed by atoms with van der Waals surface area (Å²) in [5, 5.41) is 9.13. The maximum absolute atomic E-state index is 13.1. The number of carbonyl (C=O) groups is 2. The Bertz CT molecular complexity index is 1030. The van der Waals surface area contributed by atoms with Gasteiger partial charge in [0.15, 0.2) is 0 Å². The molecule has 1 aromatic carbocycles. The number of fused-ring (bicyclic) bond motifs is 1. The van der Waals surface area contributed by atoms with Gasteiger partial charge < -0.3 is 14.6 Å². The van der Waals surface area contributed by atoms with Gasteiger partial charge in [0.2, 0.25) is 0 Å². The number of carbonyl (C=O) groups excluding carboxylic acids is 1. The van der Waals surface area contributed by atoms with Crippen LogP contribution in [0.15, 0.2) is 42.6 Å². The Labute approximate surface area is 156 Å². The fourth-order valence-corrected chi connectivity index (χ4v) is 3.81. The topological polar surface area (TPSA) is 88.3 Å². The van der Waals surface area contributed by atoms with Crippen LogP contribution in [-0.4, -0.2) is 43.0 Å². The van der Waals surface area contributed by atoms with Crippen molar-refractivity contribution in [3.05, 3.63) is 59.7 Å². The number of imidazole rings is 1. The van der Waals surface area contributed by atoms with E-state index in [-0.39, 0.29) is 17.6 Å². The molecule has 7 heteroatoms. The van der Waals surface area contributed by atoms with E-state index in [1.165, 1.54) is 12.3 Å². The van der Waals surface area contributed by atoms with Crippen LogP contribution in [0.25, 0.3) is 11.0 Å². The van der Waals surface area contributed by atoms with Crippen molar-refractivity contribution in [2.75, 3.05) is 6.54 Å². The molecule has 0 saturated carbocycles. The van der Waals surface area contributed by atoms with Gasteiger partial charge in [0.05, 0.1) is 17.1 Å². The minimum atomic E-state index is -1.14. The number of benzene rings is 1. The third-order valence-electron chi connectivity index (χ3n) is 5.04. The summed E-state index contributed by atoms with van der Waals surface area (Å²) in [5.41, 5.74) is 2.20. The molecule has 7 nitrogen and oxygen atoms in total. The fourth-order valence-electron chi connectivity index (χ4n) is 3.81. The molecular weight excluding hydrogens is 344 g/mol. The molecule has 1 fully saturated rings. The number of pyridine rings is 1. The monoisotopic (exact) mass is 364 g/mol. The normalized spacial score (nSPS) is 16.8.